The quantitative estimate of drug-likeness (QED) is 0.107. The van der Waals surface area contributed by atoms with E-state index in [-0.39, 0.29) is 40.5 Å². The Balaban J connectivity index is 1.16. The van der Waals surface area contributed by atoms with Crippen molar-refractivity contribution in [2.45, 2.75) is 49.5 Å². The van der Waals surface area contributed by atoms with Crippen LogP contribution >= 0.6 is 19.0 Å². The van der Waals surface area contributed by atoms with Crippen molar-refractivity contribution in [3.05, 3.63) is 29.3 Å². The summed E-state index contributed by atoms with van der Waals surface area (Å²) in [4.78, 5) is 34.6. The zero-order chi connectivity index (χ0) is 29.1. The number of aromatic nitrogens is 8. The Morgan fingerprint density at radius 1 is 1.15 bits per heavy atom. The lowest BCUT2D eigenvalue weighted by Crippen LogP contribution is -2.31. The smallest absolute Gasteiger partial charge is 0.386 e. The summed E-state index contributed by atoms with van der Waals surface area (Å²) in [6.45, 7) is -5.16. The van der Waals surface area contributed by atoms with Crippen molar-refractivity contribution in [3.63, 3.8) is 0 Å². The molecule has 0 aromatic carbocycles. The second-order valence-electron chi connectivity index (χ2n) is 9.33. The van der Waals surface area contributed by atoms with Crippen molar-refractivity contribution in [1.29, 1.82) is 0 Å². The van der Waals surface area contributed by atoms with E-state index in [9.17, 15) is 19.6 Å². The number of imidazole rings is 2. The number of aliphatic hydroxyl groups excluding tert-OH is 2. The molecule has 4 aromatic rings. The van der Waals surface area contributed by atoms with Gasteiger partial charge in [-0.1, -0.05) is 12.2 Å². The second kappa shape index (κ2) is 10.6. The van der Waals surface area contributed by atoms with Gasteiger partial charge in [-0.25, -0.2) is 28.9 Å². The number of nitrogens with one attached hydrogen (secondary N) is 1. The summed E-state index contributed by atoms with van der Waals surface area (Å²) < 4.78 is 53.4. The third kappa shape index (κ3) is 5.06. The normalized spacial score (nSPS) is 29.9. The Morgan fingerprint density at radius 2 is 1.88 bits per heavy atom. The number of thiol groups is 1. The summed E-state index contributed by atoms with van der Waals surface area (Å²) in [7, 11) is 0. The van der Waals surface area contributed by atoms with Gasteiger partial charge in [0.15, 0.2) is 41.3 Å². The Kier molecular flexibility index (Phi) is 7.19. The number of rotatable bonds is 8. The average molecular weight is 615 g/mol. The van der Waals surface area contributed by atoms with Crippen molar-refractivity contribution < 1.29 is 37.7 Å². The Labute approximate surface area is 233 Å². The van der Waals surface area contributed by atoms with Gasteiger partial charge < -0.3 is 31.2 Å². The van der Waals surface area contributed by atoms with Gasteiger partial charge in [-0.15, -0.1) is 0 Å². The van der Waals surface area contributed by atoms with E-state index in [0.717, 1.165) is 0 Å². The van der Waals surface area contributed by atoms with Gasteiger partial charge in [0.2, 0.25) is 5.95 Å². The first-order valence-electron chi connectivity index (χ1n) is 12.1. The maximum absolute atomic E-state index is 15.1. The molecule has 4 aromatic heterocycles. The van der Waals surface area contributed by atoms with Crippen LogP contribution in [0.15, 0.2) is 23.8 Å². The number of aliphatic hydroxyl groups is 2. The van der Waals surface area contributed by atoms with Crippen LogP contribution in [-0.2, 0) is 23.1 Å². The van der Waals surface area contributed by atoms with E-state index in [1.54, 1.807) is 0 Å². The molecule has 21 heteroatoms. The van der Waals surface area contributed by atoms with Crippen molar-refractivity contribution in [2.24, 2.45) is 0 Å². The molecule has 2 saturated heterocycles. The second-order valence-corrected chi connectivity index (χ2v) is 12.2. The van der Waals surface area contributed by atoms with Crippen molar-refractivity contribution >= 4 is 53.1 Å². The number of nitrogen functional groups attached to an aromatic ring is 2. The van der Waals surface area contributed by atoms with Crippen molar-refractivity contribution in [3.8, 4) is 0 Å². The molecular formula is C20H24FN10O8PS. The Hall–Kier alpha value is -3.23. The summed E-state index contributed by atoms with van der Waals surface area (Å²) in [5, 5.41) is 20.2. The number of fused-ring (bicyclic) bond motifs is 2. The highest BCUT2D eigenvalue weighted by molar-refractivity contribution is 8.44. The molecule has 220 valence electrons. The molecule has 0 bridgehead atoms. The molecule has 8 atom stereocenters. The lowest BCUT2D eigenvalue weighted by atomic mass is 10.1. The number of hydrogen-bond donors (Lipinski definition) is 6. The fraction of sp³-hybridized carbons (Fsp3) is 0.500. The molecule has 2 unspecified atom stereocenters. The monoisotopic (exact) mass is 614 g/mol. The number of anilines is 2. The number of aromatic amines is 1. The van der Waals surface area contributed by atoms with Crippen LogP contribution in [-0.4, -0.2) is 93.1 Å². The zero-order valence-electron chi connectivity index (χ0n) is 20.8. The topological polar surface area (TPSA) is 254 Å². The van der Waals surface area contributed by atoms with Crippen LogP contribution in [0.5, 0.6) is 0 Å². The van der Waals surface area contributed by atoms with Crippen molar-refractivity contribution in [2.75, 3.05) is 24.7 Å². The predicted molar refractivity (Wildman–Crippen MR) is 140 cm³/mol. The molecule has 41 heavy (non-hydrogen) atoms. The van der Waals surface area contributed by atoms with E-state index in [4.69, 9.17) is 30.0 Å². The van der Waals surface area contributed by atoms with E-state index in [1.807, 2.05) is 0 Å². The van der Waals surface area contributed by atoms with Crippen LogP contribution < -0.4 is 17.0 Å². The van der Waals surface area contributed by atoms with Crippen LogP contribution in [0.4, 0.5) is 16.2 Å². The lowest BCUT2D eigenvalue weighted by Gasteiger charge is -2.24. The lowest BCUT2D eigenvalue weighted by molar-refractivity contribution is -0.0529. The first kappa shape index (κ1) is 27.9. The number of alkyl halides is 1. The average Bonchev–Trinajstić information content (AvgIpc) is 3.69. The van der Waals surface area contributed by atoms with Crippen LogP contribution in [0.1, 0.15) is 18.9 Å². The first-order valence-corrected chi connectivity index (χ1v) is 14.8. The maximum atomic E-state index is 15.1. The summed E-state index contributed by atoms with van der Waals surface area (Å²) in [5.74, 6) is -0.0797. The zero-order valence-corrected chi connectivity index (χ0v) is 22.6. The Bertz CT molecular complexity index is 1700. The van der Waals surface area contributed by atoms with Crippen molar-refractivity contribution in [1.82, 2.24) is 39.0 Å². The van der Waals surface area contributed by atoms with E-state index < -0.39 is 68.6 Å². The molecule has 7 N–H and O–H groups in total. The number of nitrogens with two attached hydrogens (primary N) is 2. The maximum Gasteiger partial charge on any atom is 0.386 e. The number of nitrogens with zero attached hydrogens (tertiary/aromatic N) is 7. The molecule has 0 radical (unpaired) electrons. The molecule has 0 amide bonds. The SMILES string of the molecule is Nc1nc2c(ncn2[C@@H]2O[C@H](CO)CC2O[P@](=O)(S)OC[C@H]2O[C@@H](n3cnc4c(N)ncnc43)C(F)[C@H]2O)c(=O)[nH]1. The van der Waals surface area contributed by atoms with Gasteiger partial charge in [-0.3, -0.25) is 28.0 Å². The largest absolute Gasteiger partial charge is 0.394 e. The molecule has 2 fully saturated rings. The molecule has 2 aliphatic rings. The van der Waals surface area contributed by atoms with E-state index in [0.29, 0.717) is 0 Å². The van der Waals surface area contributed by atoms with Crippen LogP contribution in [0.25, 0.3) is 22.3 Å². The molecule has 18 nitrogen and oxygen atoms in total. The molecule has 6 rings (SSSR count). The van der Waals surface area contributed by atoms with Crippen LogP contribution in [0.2, 0.25) is 0 Å². The number of halogens is 1. The fourth-order valence-corrected chi connectivity index (χ4v) is 6.29. The van der Waals surface area contributed by atoms with E-state index in [1.165, 1.54) is 28.1 Å². The van der Waals surface area contributed by atoms with Gasteiger partial charge in [0.1, 0.15) is 30.2 Å². The molecular weight excluding hydrogens is 590 g/mol. The standard InChI is InChI=1S/C20H24FN10O8PS/c21-10-13(33)9(38-19(10)30-5-26-11-14(22)24-4-25-15(11)30)3-36-40(35,41)39-8-1-7(2-32)37-18(8)31-6-27-12-16(31)28-20(23)29-17(12)34/h4-10,13,18-19,32-33H,1-3H2,(H,35,41)(H2,22,24,25)(H3,23,28,29,34)/t7-,8?,9+,10?,13-,18+,19+,40+/m0/s1. The minimum absolute atomic E-state index is 0.0261. The molecule has 0 aliphatic carbocycles. The minimum Gasteiger partial charge on any atom is -0.394 e. The molecule has 0 spiro atoms. The summed E-state index contributed by atoms with van der Waals surface area (Å²) in [6.07, 6.45) is -5.24. The minimum atomic E-state index is -4.21. The van der Waals surface area contributed by atoms with Gasteiger partial charge in [-0.05, 0) is 0 Å². The molecule has 0 saturated carbocycles. The first-order chi connectivity index (χ1) is 19.6. The van der Waals surface area contributed by atoms with Gasteiger partial charge in [0, 0.05) is 6.42 Å². The number of ether oxygens (including phenoxy) is 2. The molecule has 6 heterocycles. The predicted octanol–water partition coefficient (Wildman–Crippen LogP) is -0.560. The van der Waals surface area contributed by atoms with Crippen LogP contribution in [0.3, 0.4) is 0 Å². The number of hydrogen-bond acceptors (Lipinski definition) is 15. The molecule has 2 aliphatic heterocycles. The summed E-state index contributed by atoms with van der Waals surface area (Å²) in [6, 6.07) is 0. The van der Waals surface area contributed by atoms with E-state index in [2.05, 4.69) is 42.2 Å². The van der Waals surface area contributed by atoms with E-state index >= 15 is 4.39 Å². The highest BCUT2D eigenvalue weighted by Crippen LogP contribution is 2.57. The Morgan fingerprint density at radius 3 is 2.63 bits per heavy atom. The highest BCUT2D eigenvalue weighted by atomic mass is 32.7. The third-order valence-electron chi connectivity index (χ3n) is 6.70. The van der Waals surface area contributed by atoms with Gasteiger partial charge in [0.05, 0.1) is 32.0 Å². The van der Waals surface area contributed by atoms with Gasteiger partial charge in [0.25, 0.3) is 5.56 Å². The summed E-state index contributed by atoms with van der Waals surface area (Å²) >= 11 is 4.03. The van der Waals surface area contributed by atoms with Crippen LogP contribution in [0, 0.1) is 0 Å². The fourth-order valence-electron chi connectivity index (χ4n) is 4.79. The van der Waals surface area contributed by atoms with Gasteiger partial charge in [-0.2, -0.15) is 4.98 Å². The van der Waals surface area contributed by atoms with Gasteiger partial charge >= 0.3 is 6.80 Å². The third-order valence-corrected chi connectivity index (χ3v) is 8.34. The summed E-state index contributed by atoms with van der Waals surface area (Å²) in [5.41, 5.74) is 11.3. The highest BCUT2D eigenvalue weighted by Gasteiger charge is 2.47. The number of H-pyrrole nitrogens is 1.